The number of aliphatic hydroxyl groups is 1. The summed E-state index contributed by atoms with van der Waals surface area (Å²) in [6.45, 7) is 6.08. The molecule has 0 radical (unpaired) electrons. The van der Waals surface area contributed by atoms with E-state index < -0.39 is 0 Å². The van der Waals surface area contributed by atoms with E-state index in [2.05, 4.69) is 52.4 Å². The van der Waals surface area contributed by atoms with Gasteiger partial charge in [0.25, 0.3) is 0 Å². The Morgan fingerprint density at radius 1 is 1.21 bits per heavy atom. The van der Waals surface area contributed by atoms with Crippen LogP contribution in [0.3, 0.4) is 0 Å². The van der Waals surface area contributed by atoms with E-state index in [9.17, 15) is 5.11 Å². The summed E-state index contributed by atoms with van der Waals surface area (Å²) in [5.74, 6) is 0.619. The van der Waals surface area contributed by atoms with Crippen LogP contribution < -0.4 is 5.09 Å². The van der Waals surface area contributed by atoms with E-state index in [1.54, 1.807) is 0 Å². The molecule has 19 heavy (non-hydrogen) atoms. The van der Waals surface area contributed by atoms with Gasteiger partial charge in [-0.15, -0.1) is 0 Å². The molecule has 1 aromatic rings. The van der Waals surface area contributed by atoms with Gasteiger partial charge in [-0.05, 0) is 24.9 Å². The number of aliphatic hydroxyl groups excluding tert-OH is 1. The number of hydrogen-bond donors (Lipinski definition) is 2. The molecule has 4 heteroatoms. The Balaban J connectivity index is 2.49. The highest BCUT2D eigenvalue weighted by molar-refractivity contribution is 7.13. The molecule has 0 aliphatic heterocycles. The van der Waals surface area contributed by atoms with Crippen molar-refractivity contribution >= 4 is 9.39 Å². The van der Waals surface area contributed by atoms with E-state index in [1.807, 2.05) is 18.2 Å². The quantitative estimate of drug-likeness (QED) is 0.715. The van der Waals surface area contributed by atoms with Gasteiger partial charge in [0.15, 0.2) is 0 Å². The zero-order valence-electron chi connectivity index (χ0n) is 12.2. The summed E-state index contributed by atoms with van der Waals surface area (Å²) < 4.78 is 0. The first kappa shape index (κ1) is 16.6. The third kappa shape index (κ3) is 6.49. The number of nitrogens with zero attached hydrogens (tertiary/aromatic N) is 1. The standard InChI is InChI=1S/C15H27N2OP/c1-12(2)10-17(3)11-15(18)14(16-19)9-13-7-5-4-6-8-13/h4-8,12,14-16,18H,9-11,19H2,1-3H3. The van der Waals surface area contributed by atoms with Gasteiger partial charge in [0, 0.05) is 19.1 Å². The summed E-state index contributed by atoms with van der Waals surface area (Å²) in [7, 11) is 4.59. The van der Waals surface area contributed by atoms with Crippen molar-refractivity contribution in [1.82, 2.24) is 9.99 Å². The van der Waals surface area contributed by atoms with Gasteiger partial charge in [-0.2, -0.15) is 0 Å². The fourth-order valence-electron chi connectivity index (χ4n) is 2.32. The molecule has 0 aliphatic rings. The number of likely N-dealkylation sites (N-methyl/N-ethyl adjacent to an activating group) is 1. The zero-order valence-corrected chi connectivity index (χ0v) is 13.4. The minimum absolute atomic E-state index is 0.0574. The summed E-state index contributed by atoms with van der Waals surface area (Å²) in [6.07, 6.45) is 0.461. The van der Waals surface area contributed by atoms with Crippen molar-refractivity contribution in [3.8, 4) is 0 Å². The second-order valence-electron chi connectivity index (χ2n) is 5.65. The Labute approximate surface area is 119 Å². The lowest BCUT2D eigenvalue weighted by Crippen LogP contribution is -2.44. The Hall–Kier alpha value is -0.470. The van der Waals surface area contributed by atoms with Crippen molar-refractivity contribution in [3.05, 3.63) is 35.9 Å². The molecule has 3 atom stereocenters. The Morgan fingerprint density at radius 3 is 2.37 bits per heavy atom. The third-order valence-electron chi connectivity index (χ3n) is 3.15. The maximum atomic E-state index is 10.3. The summed E-state index contributed by atoms with van der Waals surface area (Å²) in [4.78, 5) is 2.19. The molecule has 0 bridgehead atoms. The van der Waals surface area contributed by atoms with Crippen molar-refractivity contribution in [2.24, 2.45) is 5.92 Å². The fraction of sp³-hybridized carbons (Fsp3) is 0.600. The summed E-state index contributed by atoms with van der Waals surface area (Å²) in [5.41, 5.74) is 1.24. The maximum Gasteiger partial charge on any atom is 0.0825 e. The molecule has 0 spiro atoms. The Kier molecular flexibility index (Phi) is 7.55. The third-order valence-corrected chi connectivity index (χ3v) is 3.58. The van der Waals surface area contributed by atoms with E-state index in [-0.39, 0.29) is 12.1 Å². The van der Waals surface area contributed by atoms with E-state index in [0.29, 0.717) is 12.5 Å². The molecule has 3 nitrogen and oxygen atoms in total. The molecule has 1 aromatic carbocycles. The van der Waals surface area contributed by atoms with Crippen molar-refractivity contribution in [2.75, 3.05) is 20.1 Å². The summed E-state index contributed by atoms with van der Waals surface area (Å²) in [6, 6.07) is 10.3. The van der Waals surface area contributed by atoms with Crippen LogP contribution in [0.15, 0.2) is 30.3 Å². The van der Waals surface area contributed by atoms with Crippen molar-refractivity contribution in [2.45, 2.75) is 32.4 Å². The second kappa shape index (κ2) is 8.65. The van der Waals surface area contributed by atoms with Crippen LogP contribution in [0.5, 0.6) is 0 Å². The summed E-state index contributed by atoms with van der Waals surface area (Å²) in [5, 5.41) is 13.5. The first-order valence-electron chi connectivity index (χ1n) is 6.89. The van der Waals surface area contributed by atoms with Crippen LogP contribution in [0.2, 0.25) is 0 Å². The van der Waals surface area contributed by atoms with Gasteiger partial charge in [0.1, 0.15) is 0 Å². The molecule has 1 rings (SSSR count). The fourth-order valence-corrected chi connectivity index (χ4v) is 2.66. The van der Waals surface area contributed by atoms with Crippen LogP contribution in [-0.4, -0.2) is 42.3 Å². The lowest BCUT2D eigenvalue weighted by Gasteiger charge is -2.27. The molecule has 0 aromatic heterocycles. The highest BCUT2D eigenvalue weighted by atomic mass is 31.0. The minimum Gasteiger partial charge on any atom is -0.390 e. The van der Waals surface area contributed by atoms with Crippen LogP contribution in [0.25, 0.3) is 0 Å². The first-order valence-corrected chi connectivity index (χ1v) is 7.47. The second-order valence-corrected chi connectivity index (χ2v) is 5.98. The van der Waals surface area contributed by atoms with Gasteiger partial charge in [0.05, 0.1) is 6.10 Å². The molecule has 0 aliphatic carbocycles. The van der Waals surface area contributed by atoms with E-state index in [4.69, 9.17) is 0 Å². The normalized spacial score (nSPS) is 14.9. The average molecular weight is 282 g/mol. The van der Waals surface area contributed by atoms with Crippen molar-refractivity contribution in [3.63, 3.8) is 0 Å². The number of rotatable bonds is 8. The molecule has 0 fully saturated rings. The topological polar surface area (TPSA) is 35.5 Å². The van der Waals surface area contributed by atoms with Crippen LogP contribution in [0, 0.1) is 5.92 Å². The van der Waals surface area contributed by atoms with Gasteiger partial charge in [0.2, 0.25) is 0 Å². The molecule has 0 heterocycles. The van der Waals surface area contributed by atoms with E-state index in [1.165, 1.54) is 5.56 Å². The van der Waals surface area contributed by atoms with Gasteiger partial charge in [-0.1, -0.05) is 53.6 Å². The van der Waals surface area contributed by atoms with Crippen LogP contribution in [-0.2, 0) is 6.42 Å². The average Bonchev–Trinajstić information content (AvgIpc) is 2.35. The smallest absolute Gasteiger partial charge is 0.0825 e. The molecule has 0 saturated carbocycles. The lowest BCUT2D eigenvalue weighted by atomic mass is 10.0. The Bertz CT molecular complexity index is 345. The predicted octanol–water partition coefficient (Wildman–Crippen LogP) is 1.93. The molecule has 3 unspecified atom stereocenters. The van der Waals surface area contributed by atoms with Crippen LogP contribution >= 0.6 is 9.39 Å². The van der Waals surface area contributed by atoms with Gasteiger partial charge in [-0.25, -0.2) is 0 Å². The van der Waals surface area contributed by atoms with Crippen molar-refractivity contribution < 1.29 is 5.11 Å². The highest BCUT2D eigenvalue weighted by Crippen LogP contribution is 2.09. The van der Waals surface area contributed by atoms with Crippen molar-refractivity contribution in [1.29, 1.82) is 0 Å². The minimum atomic E-state index is -0.374. The van der Waals surface area contributed by atoms with Crippen LogP contribution in [0.1, 0.15) is 19.4 Å². The molecule has 2 N–H and O–H groups in total. The molecule has 0 saturated heterocycles. The van der Waals surface area contributed by atoms with E-state index in [0.717, 1.165) is 13.0 Å². The summed E-state index contributed by atoms with van der Waals surface area (Å²) >= 11 is 0. The highest BCUT2D eigenvalue weighted by Gasteiger charge is 2.19. The molecule has 0 amide bonds. The Morgan fingerprint density at radius 2 is 1.84 bits per heavy atom. The first-order chi connectivity index (χ1) is 9.02. The van der Waals surface area contributed by atoms with Gasteiger partial charge < -0.3 is 10.0 Å². The molecule has 108 valence electrons. The molecular formula is C15H27N2OP. The maximum absolute atomic E-state index is 10.3. The van der Waals surface area contributed by atoms with Gasteiger partial charge in [-0.3, -0.25) is 5.09 Å². The molecular weight excluding hydrogens is 255 g/mol. The SMILES string of the molecule is CC(C)CN(C)CC(O)C(Cc1ccccc1)NP. The lowest BCUT2D eigenvalue weighted by molar-refractivity contribution is 0.0931. The predicted molar refractivity (Wildman–Crippen MR) is 85.1 cm³/mol. The zero-order chi connectivity index (χ0) is 14.3. The monoisotopic (exact) mass is 282 g/mol. The van der Waals surface area contributed by atoms with Crippen LogP contribution in [0.4, 0.5) is 0 Å². The number of benzene rings is 1. The number of nitrogens with one attached hydrogen (secondary N) is 1. The van der Waals surface area contributed by atoms with Gasteiger partial charge >= 0.3 is 0 Å². The van der Waals surface area contributed by atoms with E-state index >= 15 is 0 Å². The largest absolute Gasteiger partial charge is 0.390 e. The number of hydrogen-bond acceptors (Lipinski definition) is 3.